The van der Waals surface area contributed by atoms with Crippen LogP contribution in [0.2, 0.25) is 0 Å². The van der Waals surface area contributed by atoms with Crippen LogP contribution in [0.1, 0.15) is 40.3 Å². The molecule has 25 heavy (non-hydrogen) atoms. The largest absolute Gasteiger partial charge is 0.321 e. The van der Waals surface area contributed by atoms with Crippen LogP contribution in [0.4, 0.5) is 5.69 Å². The molecule has 1 aromatic carbocycles. The van der Waals surface area contributed by atoms with Crippen molar-refractivity contribution in [2.45, 2.75) is 39.2 Å². The Bertz CT molecular complexity index is 912. The maximum Gasteiger partial charge on any atom is 0.265 e. The molecule has 5 nitrogen and oxygen atoms in total. The third-order valence-electron chi connectivity index (χ3n) is 4.56. The van der Waals surface area contributed by atoms with Gasteiger partial charge in [-0.1, -0.05) is 18.6 Å². The molecule has 1 N–H and O–H groups in total. The average molecular weight is 352 g/mol. The fourth-order valence-corrected chi connectivity index (χ4v) is 4.05. The summed E-state index contributed by atoms with van der Waals surface area (Å²) in [7, 11) is 0. The molecule has 2 aromatic heterocycles. The van der Waals surface area contributed by atoms with Gasteiger partial charge < -0.3 is 9.88 Å². The molecule has 0 fully saturated rings. The molecule has 0 saturated heterocycles. The molecule has 1 amide bonds. The summed E-state index contributed by atoms with van der Waals surface area (Å²) < 4.78 is 2.22. The molecule has 1 aliphatic rings. The number of carbonyl (C=O) groups excluding carboxylic acids is 1. The van der Waals surface area contributed by atoms with Gasteiger partial charge in [-0.2, -0.15) is 0 Å². The standard InChI is InChI=1S/C19H20N4OS/c1-13-9-11-25-17(13)19(24)20-15-7-5-6-14(12-15)18-22-21-16-8-3-2-4-10-23(16)18/h5-7,9,11-12H,2-4,8,10H2,1H3,(H,20,24). The molecule has 1 aliphatic heterocycles. The van der Waals surface area contributed by atoms with E-state index in [-0.39, 0.29) is 5.91 Å². The molecular formula is C19H20N4OS. The SMILES string of the molecule is Cc1ccsc1C(=O)Nc1cccc(-c2nnc3n2CCCCC3)c1. The van der Waals surface area contributed by atoms with Crippen molar-refractivity contribution >= 4 is 22.9 Å². The smallest absolute Gasteiger partial charge is 0.265 e. The minimum atomic E-state index is -0.0651. The van der Waals surface area contributed by atoms with Crippen LogP contribution in [-0.4, -0.2) is 20.7 Å². The van der Waals surface area contributed by atoms with E-state index in [1.54, 1.807) is 0 Å². The van der Waals surface area contributed by atoms with E-state index < -0.39 is 0 Å². The zero-order valence-corrected chi connectivity index (χ0v) is 15.0. The second kappa shape index (κ2) is 6.80. The van der Waals surface area contributed by atoms with Gasteiger partial charge in [-0.15, -0.1) is 21.5 Å². The van der Waals surface area contributed by atoms with E-state index in [1.807, 2.05) is 42.6 Å². The van der Waals surface area contributed by atoms with Gasteiger partial charge in [0.1, 0.15) is 5.82 Å². The lowest BCUT2D eigenvalue weighted by molar-refractivity contribution is 0.103. The zero-order valence-electron chi connectivity index (χ0n) is 14.2. The van der Waals surface area contributed by atoms with Crippen molar-refractivity contribution in [3.05, 3.63) is 52.0 Å². The minimum absolute atomic E-state index is 0.0651. The van der Waals surface area contributed by atoms with Crippen LogP contribution >= 0.6 is 11.3 Å². The van der Waals surface area contributed by atoms with Crippen LogP contribution in [0, 0.1) is 6.92 Å². The third-order valence-corrected chi connectivity index (χ3v) is 5.57. The Morgan fingerprint density at radius 1 is 1.20 bits per heavy atom. The van der Waals surface area contributed by atoms with Gasteiger partial charge in [-0.05, 0) is 48.9 Å². The fourth-order valence-electron chi connectivity index (χ4n) is 3.23. The van der Waals surface area contributed by atoms with E-state index in [2.05, 4.69) is 20.1 Å². The highest BCUT2D eigenvalue weighted by molar-refractivity contribution is 7.12. The molecular weight excluding hydrogens is 332 g/mol. The van der Waals surface area contributed by atoms with Crippen molar-refractivity contribution in [2.75, 3.05) is 5.32 Å². The second-order valence-corrected chi connectivity index (χ2v) is 7.29. The number of hydrogen-bond acceptors (Lipinski definition) is 4. The van der Waals surface area contributed by atoms with Gasteiger partial charge in [0, 0.05) is 24.2 Å². The number of anilines is 1. The number of fused-ring (bicyclic) bond motifs is 1. The summed E-state index contributed by atoms with van der Waals surface area (Å²) in [5.41, 5.74) is 2.77. The number of thiophene rings is 1. The van der Waals surface area contributed by atoms with Gasteiger partial charge in [-0.3, -0.25) is 4.79 Å². The lowest BCUT2D eigenvalue weighted by Crippen LogP contribution is -2.11. The van der Waals surface area contributed by atoms with E-state index in [0.717, 1.165) is 52.7 Å². The third kappa shape index (κ3) is 3.22. The van der Waals surface area contributed by atoms with Crippen LogP contribution in [-0.2, 0) is 13.0 Å². The van der Waals surface area contributed by atoms with Crippen molar-refractivity contribution in [3.63, 3.8) is 0 Å². The number of aryl methyl sites for hydroxylation is 2. The van der Waals surface area contributed by atoms with Crippen molar-refractivity contribution < 1.29 is 4.79 Å². The zero-order chi connectivity index (χ0) is 17.2. The Kier molecular flexibility index (Phi) is 4.36. The predicted octanol–water partition coefficient (Wildman–Crippen LogP) is 4.29. The first-order chi connectivity index (χ1) is 12.2. The summed E-state index contributed by atoms with van der Waals surface area (Å²) in [4.78, 5) is 13.2. The summed E-state index contributed by atoms with van der Waals surface area (Å²) in [6, 6.07) is 9.81. The highest BCUT2D eigenvalue weighted by Crippen LogP contribution is 2.25. The first-order valence-electron chi connectivity index (χ1n) is 8.60. The summed E-state index contributed by atoms with van der Waals surface area (Å²) in [5.74, 6) is 1.89. The number of benzene rings is 1. The highest BCUT2D eigenvalue weighted by Gasteiger charge is 2.17. The van der Waals surface area contributed by atoms with Gasteiger partial charge in [0.2, 0.25) is 0 Å². The highest BCUT2D eigenvalue weighted by atomic mass is 32.1. The molecule has 0 radical (unpaired) electrons. The molecule has 0 unspecified atom stereocenters. The lowest BCUT2D eigenvalue weighted by Gasteiger charge is -2.09. The number of nitrogens with zero attached hydrogens (tertiary/aromatic N) is 3. The van der Waals surface area contributed by atoms with Gasteiger partial charge in [0.05, 0.1) is 4.88 Å². The number of aromatic nitrogens is 3. The molecule has 3 heterocycles. The van der Waals surface area contributed by atoms with Crippen molar-refractivity contribution in [2.24, 2.45) is 0 Å². The fraction of sp³-hybridized carbons (Fsp3) is 0.316. The first-order valence-corrected chi connectivity index (χ1v) is 9.48. The Morgan fingerprint density at radius 3 is 2.96 bits per heavy atom. The first kappa shape index (κ1) is 16.0. The maximum absolute atomic E-state index is 12.4. The Hall–Kier alpha value is -2.47. The number of amides is 1. The van der Waals surface area contributed by atoms with E-state index in [1.165, 1.54) is 24.2 Å². The molecule has 0 spiro atoms. The minimum Gasteiger partial charge on any atom is -0.321 e. The van der Waals surface area contributed by atoms with E-state index in [4.69, 9.17) is 0 Å². The summed E-state index contributed by atoms with van der Waals surface area (Å²) >= 11 is 1.46. The number of nitrogens with one attached hydrogen (secondary N) is 1. The molecule has 4 rings (SSSR count). The van der Waals surface area contributed by atoms with Gasteiger partial charge in [0.15, 0.2) is 5.82 Å². The molecule has 3 aromatic rings. The van der Waals surface area contributed by atoms with Crippen LogP contribution in [0.25, 0.3) is 11.4 Å². The second-order valence-electron chi connectivity index (χ2n) is 6.37. The molecule has 0 bridgehead atoms. The molecule has 0 aliphatic carbocycles. The Morgan fingerprint density at radius 2 is 2.12 bits per heavy atom. The lowest BCUT2D eigenvalue weighted by atomic mass is 10.1. The Labute approximate surface area is 150 Å². The molecule has 6 heteroatoms. The maximum atomic E-state index is 12.4. The van der Waals surface area contributed by atoms with Crippen molar-refractivity contribution in [1.82, 2.24) is 14.8 Å². The van der Waals surface area contributed by atoms with Crippen LogP contribution in [0.3, 0.4) is 0 Å². The van der Waals surface area contributed by atoms with Gasteiger partial charge in [-0.25, -0.2) is 0 Å². The van der Waals surface area contributed by atoms with E-state index in [9.17, 15) is 4.79 Å². The van der Waals surface area contributed by atoms with Gasteiger partial charge >= 0.3 is 0 Å². The van der Waals surface area contributed by atoms with Gasteiger partial charge in [0.25, 0.3) is 5.91 Å². The topological polar surface area (TPSA) is 59.8 Å². The van der Waals surface area contributed by atoms with E-state index in [0.29, 0.717) is 0 Å². The summed E-state index contributed by atoms with van der Waals surface area (Å²) in [6.45, 7) is 2.91. The monoisotopic (exact) mass is 352 g/mol. The van der Waals surface area contributed by atoms with Crippen molar-refractivity contribution in [1.29, 1.82) is 0 Å². The number of hydrogen-bond donors (Lipinski definition) is 1. The predicted molar refractivity (Wildman–Crippen MR) is 100 cm³/mol. The quantitative estimate of drug-likeness (QED) is 0.765. The normalized spacial score (nSPS) is 14.0. The van der Waals surface area contributed by atoms with Crippen LogP contribution in [0.15, 0.2) is 35.7 Å². The summed E-state index contributed by atoms with van der Waals surface area (Å²) in [5, 5.41) is 13.7. The molecule has 0 atom stereocenters. The van der Waals surface area contributed by atoms with Crippen LogP contribution in [0.5, 0.6) is 0 Å². The molecule has 0 saturated carbocycles. The molecule has 128 valence electrons. The number of rotatable bonds is 3. The average Bonchev–Trinajstić information content (AvgIpc) is 3.15. The van der Waals surface area contributed by atoms with Crippen molar-refractivity contribution in [3.8, 4) is 11.4 Å². The van der Waals surface area contributed by atoms with Crippen LogP contribution < -0.4 is 5.32 Å². The number of carbonyl (C=O) groups is 1. The Balaban J connectivity index is 1.61. The summed E-state index contributed by atoms with van der Waals surface area (Å²) in [6.07, 6.45) is 4.56. The van der Waals surface area contributed by atoms with E-state index >= 15 is 0 Å².